The lowest BCUT2D eigenvalue weighted by atomic mass is 9.94. The number of hydrogen-bond acceptors (Lipinski definition) is 3. The van der Waals surface area contributed by atoms with Gasteiger partial charge in [0.2, 0.25) is 0 Å². The van der Waals surface area contributed by atoms with Gasteiger partial charge in [-0.25, -0.2) is 0 Å². The maximum atomic E-state index is 3.45. The predicted octanol–water partition coefficient (Wildman–Crippen LogP) is 2.36. The minimum Gasteiger partial charge on any atom is -0.314 e. The second kappa shape index (κ2) is 7.39. The van der Waals surface area contributed by atoms with E-state index in [1.807, 2.05) is 0 Å². The molecule has 3 rings (SSSR count). The van der Waals surface area contributed by atoms with Crippen molar-refractivity contribution in [3.05, 3.63) is 35.9 Å². The molecule has 0 aliphatic carbocycles. The third-order valence-electron chi connectivity index (χ3n) is 5.11. The standard InChI is InChI=1S/C18H29N3/c1-16(18-7-3-2-4-8-18)21-11-5-6-17(15-21)14-20-12-9-19-10-13-20/h2-4,7-8,16-17,19H,5-6,9-15H2,1H3/t16?,17-/m1/s1. The zero-order valence-electron chi connectivity index (χ0n) is 13.3. The van der Waals surface area contributed by atoms with Crippen LogP contribution in [0.1, 0.15) is 31.4 Å². The molecule has 2 aliphatic rings. The first-order valence-electron chi connectivity index (χ1n) is 8.55. The van der Waals surface area contributed by atoms with Crippen molar-refractivity contribution in [3.63, 3.8) is 0 Å². The molecule has 2 aliphatic heterocycles. The molecule has 1 unspecified atom stereocenters. The average molecular weight is 287 g/mol. The fourth-order valence-corrected chi connectivity index (χ4v) is 3.80. The van der Waals surface area contributed by atoms with E-state index < -0.39 is 0 Å². The summed E-state index contributed by atoms with van der Waals surface area (Å²) in [6.45, 7) is 11.0. The Morgan fingerprint density at radius 3 is 2.67 bits per heavy atom. The van der Waals surface area contributed by atoms with Crippen LogP contribution in [0.15, 0.2) is 30.3 Å². The van der Waals surface area contributed by atoms with Crippen molar-refractivity contribution in [1.82, 2.24) is 15.1 Å². The first kappa shape index (κ1) is 15.0. The highest BCUT2D eigenvalue weighted by atomic mass is 15.2. The molecular formula is C18H29N3. The number of rotatable bonds is 4. The topological polar surface area (TPSA) is 18.5 Å². The zero-order chi connectivity index (χ0) is 14.5. The molecule has 2 saturated heterocycles. The molecule has 1 aromatic rings. The summed E-state index contributed by atoms with van der Waals surface area (Å²) in [5.74, 6) is 0.850. The minimum atomic E-state index is 0.553. The van der Waals surface area contributed by atoms with E-state index in [9.17, 15) is 0 Å². The molecular weight excluding hydrogens is 258 g/mol. The smallest absolute Gasteiger partial charge is 0.0320 e. The van der Waals surface area contributed by atoms with Crippen LogP contribution in [0.3, 0.4) is 0 Å². The van der Waals surface area contributed by atoms with Gasteiger partial charge in [-0.1, -0.05) is 30.3 Å². The van der Waals surface area contributed by atoms with Crippen molar-refractivity contribution in [1.29, 1.82) is 0 Å². The van der Waals surface area contributed by atoms with Crippen LogP contribution < -0.4 is 5.32 Å². The largest absolute Gasteiger partial charge is 0.314 e. The lowest BCUT2D eigenvalue weighted by Crippen LogP contribution is -2.48. The fourth-order valence-electron chi connectivity index (χ4n) is 3.80. The van der Waals surface area contributed by atoms with E-state index in [0.29, 0.717) is 6.04 Å². The van der Waals surface area contributed by atoms with Crippen molar-refractivity contribution in [2.45, 2.75) is 25.8 Å². The third kappa shape index (κ3) is 4.06. The molecule has 1 aromatic carbocycles. The van der Waals surface area contributed by atoms with Crippen molar-refractivity contribution in [2.75, 3.05) is 45.8 Å². The van der Waals surface area contributed by atoms with Gasteiger partial charge in [0.1, 0.15) is 0 Å². The summed E-state index contributed by atoms with van der Waals surface area (Å²) in [6, 6.07) is 11.5. The van der Waals surface area contributed by atoms with E-state index in [1.165, 1.54) is 51.1 Å². The summed E-state index contributed by atoms with van der Waals surface area (Å²) in [5.41, 5.74) is 1.46. The monoisotopic (exact) mass is 287 g/mol. The highest BCUT2D eigenvalue weighted by Crippen LogP contribution is 2.26. The molecule has 0 bridgehead atoms. The summed E-state index contributed by atoms with van der Waals surface area (Å²) < 4.78 is 0. The maximum Gasteiger partial charge on any atom is 0.0320 e. The van der Waals surface area contributed by atoms with Crippen molar-refractivity contribution >= 4 is 0 Å². The Morgan fingerprint density at radius 1 is 1.14 bits per heavy atom. The Morgan fingerprint density at radius 2 is 1.90 bits per heavy atom. The second-order valence-electron chi connectivity index (χ2n) is 6.64. The van der Waals surface area contributed by atoms with Crippen molar-refractivity contribution < 1.29 is 0 Å². The van der Waals surface area contributed by atoms with Gasteiger partial charge in [0, 0.05) is 45.3 Å². The first-order chi connectivity index (χ1) is 10.3. The number of piperidine rings is 1. The molecule has 2 heterocycles. The summed E-state index contributed by atoms with van der Waals surface area (Å²) in [4.78, 5) is 5.34. The molecule has 3 nitrogen and oxygen atoms in total. The van der Waals surface area contributed by atoms with Crippen LogP contribution >= 0.6 is 0 Å². The zero-order valence-corrected chi connectivity index (χ0v) is 13.3. The summed E-state index contributed by atoms with van der Waals surface area (Å²) >= 11 is 0. The Bertz CT molecular complexity index is 414. The van der Waals surface area contributed by atoms with Crippen LogP contribution in [0.2, 0.25) is 0 Å². The summed E-state index contributed by atoms with van der Waals surface area (Å²) in [6.07, 6.45) is 2.76. The van der Waals surface area contributed by atoms with E-state index in [4.69, 9.17) is 0 Å². The van der Waals surface area contributed by atoms with Crippen molar-refractivity contribution in [2.24, 2.45) is 5.92 Å². The van der Waals surface area contributed by atoms with E-state index >= 15 is 0 Å². The van der Waals surface area contributed by atoms with Gasteiger partial charge < -0.3 is 10.2 Å². The molecule has 21 heavy (non-hydrogen) atoms. The normalized spacial score (nSPS) is 26.6. The molecule has 2 fully saturated rings. The van der Waals surface area contributed by atoms with E-state index in [-0.39, 0.29) is 0 Å². The van der Waals surface area contributed by atoms with E-state index in [0.717, 1.165) is 19.0 Å². The van der Waals surface area contributed by atoms with E-state index in [1.54, 1.807) is 0 Å². The Kier molecular flexibility index (Phi) is 5.28. The van der Waals surface area contributed by atoms with Crippen LogP contribution in [0.5, 0.6) is 0 Å². The Labute approximate surface area is 129 Å². The van der Waals surface area contributed by atoms with E-state index in [2.05, 4.69) is 52.4 Å². The molecule has 0 saturated carbocycles. The summed E-state index contributed by atoms with van der Waals surface area (Å²) in [5, 5.41) is 3.45. The maximum absolute atomic E-state index is 3.45. The number of piperazine rings is 1. The van der Waals surface area contributed by atoms with Crippen LogP contribution in [-0.2, 0) is 0 Å². The van der Waals surface area contributed by atoms with Crippen LogP contribution in [-0.4, -0.2) is 55.6 Å². The first-order valence-corrected chi connectivity index (χ1v) is 8.55. The highest BCUT2D eigenvalue weighted by Gasteiger charge is 2.26. The third-order valence-corrected chi connectivity index (χ3v) is 5.11. The molecule has 0 amide bonds. The minimum absolute atomic E-state index is 0.553. The SMILES string of the molecule is CC(c1ccccc1)N1CCC[C@H](CN2CCNCC2)C1. The van der Waals surface area contributed by atoms with Gasteiger partial charge in [-0.2, -0.15) is 0 Å². The Hall–Kier alpha value is -0.900. The number of nitrogens with one attached hydrogen (secondary N) is 1. The molecule has 2 atom stereocenters. The van der Waals surface area contributed by atoms with Crippen molar-refractivity contribution in [3.8, 4) is 0 Å². The molecule has 1 N–H and O–H groups in total. The van der Waals surface area contributed by atoms with Gasteiger partial charge in [-0.3, -0.25) is 4.90 Å². The average Bonchev–Trinajstić information content (AvgIpc) is 2.56. The number of benzene rings is 1. The van der Waals surface area contributed by atoms with Crippen LogP contribution in [0, 0.1) is 5.92 Å². The summed E-state index contributed by atoms with van der Waals surface area (Å²) in [7, 11) is 0. The van der Waals surface area contributed by atoms with Crippen LogP contribution in [0.4, 0.5) is 0 Å². The van der Waals surface area contributed by atoms with Gasteiger partial charge in [-0.15, -0.1) is 0 Å². The lowest BCUT2D eigenvalue weighted by Gasteiger charge is -2.39. The lowest BCUT2D eigenvalue weighted by molar-refractivity contribution is 0.0996. The van der Waals surface area contributed by atoms with Gasteiger partial charge in [0.15, 0.2) is 0 Å². The van der Waals surface area contributed by atoms with Gasteiger partial charge >= 0.3 is 0 Å². The quantitative estimate of drug-likeness (QED) is 0.917. The van der Waals surface area contributed by atoms with Gasteiger partial charge in [0.25, 0.3) is 0 Å². The fraction of sp³-hybridized carbons (Fsp3) is 0.667. The van der Waals surface area contributed by atoms with Gasteiger partial charge in [-0.05, 0) is 37.8 Å². The predicted molar refractivity (Wildman–Crippen MR) is 88.5 cm³/mol. The molecule has 0 aromatic heterocycles. The highest BCUT2D eigenvalue weighted by molar-refractivity contribution is 5.18. The molecule has 3 heteroatoms. The number of likely N-dealkylation sites (tertiary alicyclic amines) is 1. The number of nitrogens with zero attached hydrogens (tertiary/aromatic N) is 2. The molecule has 116 valence electrons. The number of hydrogen-bond donors (Lipinski definition) is 1. The molecule has 0 radical (unpaired) electrons. The molecule has 0 spiro atoms. The van der Waals surface area contributed by atoms with Gasteiger partial charge in [0.05, 0.1) is 0 Å². The van der Waals surface area contributed by atoms with Crippen LogP contribution in [0.25, 0.3) is 0 Å². The Balaban J connectivity index is 1.55. The second-order valence-corrected chi connectivity index (χ2v) is 6.64.